The maximum absolute atomic E-state index is 12.6. The second-order valence-electron chi connectivity index (χ2n) is 19.7. The van der Waals surface area contributed by atoms with Crippen molar-refractivity contribution in [3.8, 4) is 0 Å². The van der Waals surface area contributed by atoms with Crippen LogP contribution in [-0.4, -0.2) is 57.3 Å². The molecule has 6 nitrogen and oxygen atoms in total. The summed E-state index contributed by atoms with van der Waals surface area (Å²) in [6.45, 7) is 4.10. The Balaban J connectivity index is 3.58. The lowest BCUT2D eigenvalue weighted by atomic mass is 9.99. The van der Waals surface area contributed by atoms with Crippen molar-refractivity contribution < 1.29 is 25.2 Å². The second kappa shape index (κ2) is 50.3. The third-order valence-corrected chi connectivity index (χ3v) is 13.6. The Morgan fingerprint density at radius 2 is 0.557 bits per heavy atom. The number of carbonyl (C=O) groups is 1. The molecule has 0 aliphatic heterocycles. The number of carbonyl (C=O) groups excluding carboxylic acids is 1. The molecule has 0 aromatic carbocycles. The van der Waals surface area contributed by atoms with Gasteiger partial charge in [0.05, 0.1) is 18.8 Å². The van der Waals surface area contributed by atoms with Crippen LogP contribution in [0.5, 0.6) is 0 Å². The fourth-order valence-corrected chi connectivity index (χ4v) is 9.17. The van der Waals surface area contributed by atoms with Crippen LogP contribution in [0.25, 0.3) is 0 Å². The second-order valence-corrected chi connectivity index (χ2v) is 19.7. The highest BCUT2D eigenvalue weighted by atomic mass is 16.3. The Morgan fingerprint density at radius 3 is 0.787 bits per heavy atom. The standard InChI is InChI=1S/C55H111NO5/c1-3-5-7-9-11-13-15-17-19-21-23-24-25-26-27-28-29-31-32-34-36-38-40-42-44-46-48-52(58)54(60)51(50-57)56-55(61)53(59)49-47-45-43-41-39-37-35-33-30-22-20-18-16-14-12-10-8-6-4-2/h51-54,57-60H,3-50H2,1-2H3,(H,56,61). The Hall–Kier alpha value is -0.690. The lowest BCUT2D eigenvalue weighted by Crippen LogP contribution is -2.53. The van der Waals surface area contributed by atoms with E-state index in [2.05, 4.69) is 19.2 Å². The number of aliphatic hydroxyl groups is 4. The molecule has 0 aliphatic rings. The minimum atomic E-state index is -1.25. The summed E-state index contributed by atoms with van der Waals surface area (Å²) < 4.78 is 0. The van der Waals surface area contributed by atoms with Crippen LogP contribution in [0.4, 0.5) is 0 Å². The summed E-state index contributed by atoms with van der Waals surface area (Å²) in [4.78, 5) is 12.6. The van der Waals surface area contributed by atoms with Gasteiger partial charge in [-0.25, -0.2) is 0 Å². The van der Waals surface area contributed by atoms with Gasteiger partial charge in [-0.1, -0.05) is 303 Å². The normalized spacial score (nSPS) is 13.7. The smallest absolute Gasteiger partial charge is 0.249 e. The molecule has 4 unspecified atom stereocenters. The first-order valence-corrected chi connectivity index (χ1v) is 27.9. The number of aliphatic hydroxyl groups excluding tert-OH is 4. The van der Waals surface area contributed by atoms with E-state index in [1.165, 1.54) is 250 Å². The lowest BCUT2D eigenvalue weighted by molar-refractivity contribution is -0.132. The van der Waals surface area contributed by atoms with E-state index in [1.54, 1.807) is 0 Å². The zero-order valence-electron chi connectivity index (χ0n) is 41.4. The molecular weight excluding hydrogens is 755 g/mol. The molecule has 61 heavy (non-hydrogen) atoms. The largest absolute Gasteiger partial charge is 0.394 e. The summed E-state index contributed by atoms with van der Waals surface area (Å²) in [6, 6.07) is -0.980. The minimum Gasteiger partial charge on any atom is -0.394 e. The molecule has 0 bridgehead atoms. The highest BCUT2D eigenvalue weighted by Crippen LogP contribution is 2.19. The van der Waals surface area contributed by atoms with Crippen molar-refractivity contribution >= 4 is 5.91 Å². The summed E-state index contributed by atoms with van der Waals surface area (Å²) in [7, 11) is 0. The topological polar surface area (TPSA) is 110 Å². The van der Waals surface area contributed by atoms with Crippen molar-refractivity contribution in [3.63, 3.8) is 0 Å². The third kappa shape index (κ3) is 44.3. The molecule has 0 aromatic heterocycles. The SMILES string of the molecule is CCCCCCCCCCCCCCCCCCCCCCCCCCCCC(O)C(O)C(CO)NC(=O)C(O)CCCCCCCCCCCCCCCCCCCCC. The van der Waals surface area contributed by atoms with Gasteiger partial charge in [-0.3, -0.25) is 4.79 Å². The van der Waals surface area contributed by atoms with Crippen LogP contribution in [0.15, 0.2) is 0 Å². The quantitative estimate of drug-likeness (QED) is 0.0391. The maximum Gasteiger partial charge on any atom is 0.249 e. The fraction of sp³-hybridized carbons (Fsp3) is 0.982. The summed E-state index contributed by atoms with van der Waals surface area (Å²) >= 11 is 0. The van der Waals surface area contributed by atoms with E-state index in [0.29, 0.717) is 12.8 Å². The molecule has 0 radical (unpaired) electrons. The van der Waals surface area contributed by atoms with E-state index >= 15 is 0 Å². The van der Waals surface area contributed by atoms with Gasteiger partial charge in [0.1, 0.15) is 12.2 Å². The van der Waals surface area contributed by atoms with Gasteiger partial charge in [0.2, 0.25) is 5.91 Å². The van der Waals surface area contributed by atoms with Crippen LogP contribution >= 0.6 is 0 Å². The first-order chi connectivity index (χ1) is 30.0. The van der Waals surface area contributed by atoms with Crippen LogP contribution < -0.4 is 5.32 Å². The molecule has 0 heterocycles. The summed E-state index contributed by atoms with van der Waals surface area (Å²) in [5.41, 5.74) is 0. The molecular formula is C55H111NO5. The molecule has 1 amide bonds. The summed E-state index contributed by atoms with van der Waals surface area (Å²) in [5, 5.41) is 44.0. The van der Waals surface area contributed by atoms with E-state index in [1.807, 2.05) is 0 Å². The Bertz CT molecular complexity index is 841. The number of hydrogen-bond donors (Lipinski definition) is 5. The van der Waals surface area contributed by atoms with Crippen LogP contribution in [0.3, 0.4) is 0 Å². The predicted octanol–water partition coefficient (Wildman–Crippen LogP) is 15.9. The molecule has 0 saturated carbocycles. The van der Waals surface area contributed by atoms with Gasteiger partial charge >= 0.3 is 0 Å². The predicted molar refractivity (Wildman–Crippen MR) is 265 cm³/mol. The van der Waals surface area contributed by atoms with Crippen LogP contribution in [0.2, 0.25) is 0 Å². The zero-order chi connectivity index (χ0) is 44.5. The number of unbranched alkanes of at least 4 members (excludes halogenated alkanes) is 43. The van der Waals surface area contributed by atoms with Gasteiger partial charge in [0, 0.05) is 0 Å². The summed E-state index contributed by atoms with van der Waals surface area (Å²) in [5.74, 6) is -0.576. The number of amides is 1. The first-order valence-electron chi connectivity index (χ1n) is 27.9. The zero-order valence-corrected chi connectivity index (χ0v) is 41.4. The van der Waals surface area contributed by atoms with Crippen molar-refractivity contribution in [3.05, 3.63) is 0 Å². The van der Waals surface area contributed by atoms with Crippen LogP contribution in [0, 0.1) is 0 Å². The van der Waals surface area contributed by atoms with E-state index in [0.717, 1.165) is 38.5 Å². The van der Waals surface area contributed by atoms with Crippen molar-refractivity contribution in [1.29, 1.82) is 0 Å². The van der Waals surface area contributed by atoms with Gasteiger partial charge in [-0.2, -0.15) is 0 Å². The number of rotatable bonds is 52. The molecule has 5 N–H and O–H groups in total. The Kier molecular flexibility index (Phi) is 49.7. The molecule has 0 fully saturated rings. The van der Waals surface area contributed by atoms with Crippen molar-refractivity contribution in [2.45, 2.75) is 340 Å². The molecule has 0 saturated heterocycles. The molecule has 0 aromatic rings. The highest BCUT2D eigenvalue weighted by molar-refractivity contribution is 5.80. The number of hydrogen-bond acceptors (Lipinski definition) is 5. The first kappa shape index (κ1) is 60.3. The summed E-state index contributed by atoms with van der Waals surface area (Å²) in [6.07, 6.45) is 57.4. The van der Waals surface area contributed by atoms with Gasteiger partial charge in [-0.05, 0) is 12.8 Å². The van der Waals surface area contributed by atoms with Crippen LogP contribution in [-0.2, 0) is 4.79 Å². The Labute approximate surface area is 381 Å². The number of nitrogens with one attached hydrogen (secondary N) is 1. The van der Waals surface area contributed by atoms with Gasteiger partial charge in [-0.15, -0.1) is 0 Å². The maximum atomic E-state index is 12.6. The third-order valence-electron chi connectivity index (χ3n) is 13.6. The molecule has 366 valence electrons. The average molecular weight is 866 g/mol. The monoisotopic (exact) mass is 866 g/mol. The molecule has 4 atom stereocenters. The van der Waals surface area contributed by atoms with Gasteiger partial charge in [0.25, 0.3) is 0 Å². The fourth-order valence-electron chi connectivity index (χ4n) is 9.17. The molecule has 6 heteroatoms. The van der Waals surface area contributed by atoms with E-state index in [-0.39, 0.29) is 0 Å². The average Bonchev–Trinajstić information content (AvgIpc) is 3.26. The highest BCUT2D eigenvalue weighted by Gasteiger charge is 2.28. The van der Waals surface area contributed by atoms with Crippen molar-refractivity contribution in [2.24, 2.45) is 0 Å². The van der Waals surface area contributed by atoms with E-state index in [9.17, 15) is 25.2 Å². The molecule has 0 rings (SSSR count). The molecule has 0 spiro atoms. The van der Waals surface area contributed by atoms with E-state index < -0.39 is 36.9 Å². The lowest BCUT2D eigenvalue weighted by Gasteiger charge is -2.27. The van der Waals surface area contributed by atoms with E-state index in [4.69, 9.17) is 0 Å². The van der Waals surface area contributed by atoms with Crippen LogP contribution in [0.1, 0.15) is 316 Å². The van der Waals surface area contributed by atoms with Gasteiger partial charge < -0.3 is 25.7 Å². The molecule has 0 aliphatic carbocycles. The van der Waals surface area contributed by atoms with Crippen molar-refractivity contribution in [2.75, 3.05) is 6.61 Å². The van der Waals surface area contributed by atoms with Crippen molar-refractivity contribution in [1.82, 2.24) is 5.32 Å². The minimum absolute atomic E-state index is 0.376. The van der Waals surface area contributed by atoms with Gasteiger partial charge in [0.15, 0.2) is 0 Å². The Morgan fingerprint density at radius 1 is 0.344 bits per heavy atom.